The number of pyridine rings is 1. The van der Waals surface area contributed by atoms with Gasteiger partial charge < -0.3 is 10.1 Å². The van der Waals surface area contributed by atoms with E-state index in [1.165, 1.54) is 16.8 Å². The quantitative estimate of drug-likeness (QED) is 0.906. The molecule has 3 heteroatoms. The number of ether oxygens (including phenoxy) is 1. The predicted octanol–water partition coefficient (Wildman–Crippen LogP) is 3.51. The minimum atomic E-state index is 0.736. The molecule has 0 bridgehead atoms. The maximum Gasteiger partial charge on any atom is 0.138 e. The smallest absolute Gasteiger partial charge is 0.138 e. The summed E-state index contributed by atoms with van der Waals surface area (Å²) in [6.45, 7) is 3.86. The number of hydrogen-bond donors (Lipinski definition) is 1. The lowest BCUT2D eigenvalue weighted by Crippen LogP contribution is -1.96. The molecule has 0 spiro atoms. The van der Waals surface area contributed by atoms with Crippen LogP contribution < -0.4 is 10.1 Å². The number of hydrogen-bond acceptors (Lipinski definition) is 3. The number of nitrogens with one attached hydrogen (secondary N) is 1. The standard InChI is InChI=1S/C16H18N2O/c1-2-8-19-13-9-12(10-17-11-13)14-4-3-5-16-15(14)6-7-18-16/h3-5,9-11,18H,2,6-8H2,1H3. The number of aromatic nitrogens is 1. The lowest BCUT2D eigenvalue weighted by molar-refractivity contribution is 0.316. The van der Waals surface area contributed by atoms with Crippen LogP contribution in [-0.4, -0.2) is 18.1 Å². The van der Waals surface area contributed by atoms with Gasteiger partial charge in [-0.3, -0.25) is 4.98 Å². The second-order valence-electron chi connectivity index (χ2n) is 4.77. The minimum absolute atomic E-state index is 0.736. The molecule has 0 amide bonds. The molecule has 3 rings (SSSR count). The van der Waals surface area contributed by atoms with Crippen molar-refractivity contribution in [1.29, 1.82) is 0 Å². The zero-order valence-electron chi connectivity index (χ0n) is 11.1. The molecule has 0 fully saturated rings. The van der Waals surface area contributed by atoms with E-state index >= 15 is 0 Å². The molecular weight excluding hydrogens is 236 g/mol. The highest BCUT2D eigenvalue weighted by atomic mass is 16.5. The summed E-state index contributed by atoms with van der Waals surface area (Å²) in [5.74, 6) is 0.850. The highest BCUT2D eigenvalue weighted by Crippen LogP contribution is 2.33. The highest BCUT2D eigenvalue weighted by molar-refractivity contribution is 5.75. The van der Waals surface area contributed by atoms with Crippen molar-refractivity contribution in [2.45, 2.75) is 19.8 Å². The Morgan fingerprint density at radius 2 is 2.26 bits per heavy atom. The summed E-state index contributed by atoms with van der Waals surface area (Å²) in [4.78, 5) is 4.29. The van der Waals surface area contributed by atoms with E-state index in [9.17, 15) is 0 Å². The van der Waals surface area contributed by atoms with Crippen LogP contribution in [0.15, 0.2) is 36.7 Å². The highest BCUT2D eigenvalue weighted by Gasteiger charge is 2.15. The summed E-state index contributed by atoms with van der Waals surface area (Å²) in [7, 11) is 0. The first kappa shape index (κ1) is 12.0. The Morgan fingerprint density at radius 3 is 3.16 bits per heavy atom. The molecule has 98 valence electrons. The molecule has 1 N–H and O–H groups in total. The fourth-order valence-electron chi connectivity index (χ4n) is 2.48. The number of fused-ring (bicyclic) bond motifs is 1. The van der Waals surface area contributed by atoms with Crippen LogP contribution >= 0.6 is 0 Å². The summed E-state index contributed by atoms with van der Waals surface area (Å²) in [5.41, 5.74) is 5.03. The topological polar surface area (TPSA) is 34.1 Å². The van der Waals surface area contributed by atoms with Crippen molar-refractivity contribution in [2.24, 2.45) is 0 Å². The average molecular weight is 254 g/mol. The fourth-order valence-corrected chi connectivity index (χ4v) is 2.48. The monoisotopic (exact) mass is 254 g/mol. The second kappa shape index (κ2) is 5.31. The van der Waals surface area contributed by atoms with Gasteiger partial charge in [0.05, 0.1) is 12.8 Å². The summed E-state index contributed by atoms with van der Waals surface area (Å²) in [5, 5.41) is 3.41. The minimum Gasteiger partial charge on any atom is -0.492 e. The third kappa shape index (κ3) is 2.41. The van der Waals surface area contributed by atoms with Crippen LogP contribution in [0.1, 0.15) is 18.9 Å². The number of benzene rings is 1. The van der Waals surface area contributed by atoms with Crippen LogP contribution in [0.2, 0.25) is 0 Å². The van der Waals surface area contributed by atoms with E-state index in [2.05, 4.69) is 41.5 Å². The molecule has 0 aliphatic carbocycles. The van der Waals surface area contributed by atoms with E-state index in [-0.39, 0.29) is 0 Å². The first-order valence-electron chi connectivity index (χ1n) is 6.82. The van der Waals surface area contributed by atoms with Crippen molar-refractivity contribution >= 4 is 5.69 Å². The Labute approximate surface area is 113 Å². The summed E-state index contributed by atoms with van der Waals surface area (Å²) >= 11 is 0. The van der Waals surface area contributed by atoms with Crippen molar-refractivity contribution < 1.29 is 4.74 Å². The summed E-state index contributed by atoms with van der Waals surface area (Å²) < 4.78 is 5.66. The zero-order chi connectivity index (χ0) is 13.1. The van der Waals surface area contributed by atoms with Crippen molar-refractivity contribution in [2.75, 3.05) is 18.5 Å². The number of nitrogens with zero attached hydrogens (tertiary/aromatic N) is 1. The Hall–Kier alpha value is -2.03. The molecule has 0 saturated carbocycles. The van der Waals surface area contributed by atoms with E-state index < -0.39 is 0 Å². The maximum atomic E-state index is 5.66. The van der Waals surface area contributed by atoms with Crippen LogP contribution in [0.4, 0.5) is 5.69 Å². The third-order valence-corrected chi connectivity index (χ3v) is 3.36. The van der Waals surface area contributed by atoms with Gasteiger partial charge >= 0.3 is 0 Å². The summed E-state index contributed by atoms with van der Waals surface area (Å²) in [6.07, 6.45) is 5.77. The molecule has 19 heavy (non-hydrogen) atoms. The first-order valence-corrected chi connectivity index (χ1v) is 6.82. The van der Waals surface area contributed by atoms with Crippen molar-refractivity contribution in [3.63, 3.8) is 0 Å². The molecule has 0 saturated heterocycles. The molecule has 0 radical (unpaired) electrons. The van der Waals surface area contributed by atoms with Crippen LogP contribution in [0.25, 0.3) is 11.1 Å². The normalized spacial score (nSPS) is 12.9. The Bertz CT molecular complexity index is 581. The molecule has 1 aromatic heterocycles. The van der Waals surface area contributed by atoms with Gasteiger partial charge in [0.15, 0.2) is 0 Å². The van der Waals surface area contributed by atoms with Gasteiger partial charge in [0.2, 0.25) is 0 Å². The van der Waals surface area contributed by atoms with Crippen molar-refractivity contribution in [3.05, 3.63) is 42.2 Å². The lowest BCUT2D eigenvalue weighted by Gasteiger charge is -2.10. The Balaban J connectivity index is 1.96. The van der Waals surface area contributed by atoms with Gasteiger partial charge in [-0.15, -0.1) is 0 Å². The molecule has 0 unspecified atom stereocenters. The second-order valence-corrected chi connectivity index (χ2v) is 4.77. The molecular formula is C16H18N2O. The maximum absolute atomic E-state index is 5.66. The molecule has 2 heterocycles. The largest absolute Gasteiger partial charge is 0.492 e. The SMILES string of the molecule is CCCOc1cncc(-c2cccc3c2CCN3)c1. The van der Waals surface area contributed by atoms with Gasteiger partial charge in [-0.25, -0.2) is 0 Å². The molecule has 1 aliphatic heterocycles. The Morgan fingerprint density at radius 1 is 1.32 bits per heavy atom. The summed E-state index contributed by atoms with van der Waals surface area (Å²) in [6, 6.07) is 8.46. The van der Waals surface area contributed by atoms with Crippen molar-refractivity contribution in [1.82, 2.24) is 4.98 Å². The van der Waals surface area contributed by atoms with Crippen LogP contribution in [0.3, 0.4) is 0 Å². The number of rotatable bonds is 4. The van der Waals surface area contributed by atoms with E-state index in [4.69, 9.17) is 4.74 Å². The van der Waals surface area contributed by atoms with Gasteiger partial charge in [-0.1, -0.05) is 19.1 Å². The van der Waals surface area contributed by atoms with Gasteiger partial charge in [0.25, 0.3) is 0 Å². The number of anilines is 1. The van der Waals surface area contributed by atoms with E-state index in [0.717, 1.165) is 37.3 Å². The van der Waals surface area contributed by atoms with Crippen LogP contribution in [0, 0.1) is 0 Å². The first-order chi connectivity index (χ1) is 9.38. The molecule has 3 nitrogen and oxygen atoms in total. The van der Waals surface area contributed by atoms with Gasteiger partial charge in [-0.2, -0.15) is 0 Å². The van der Waals surface area contributed by atoms with Gasteiger partial charge in [-0.05, 0) is 36.1 Å². The Kier molecular flexibility index (Phi) is 3.36. The van der Waals surface area contributed by atoms with Gasteiger partial charge in [0, 0.05) is 24.0 Å². The zero-order valence-corrected chi connectivity index (χ0v) is 11.1. The lowest BCUT2D eigenvalue weighted by atomic mass is 9.99. The molecule has 1 aromatic carbocycles. The van der Waals surface area contributed by atoms with Crippen LogP contribution in [-0.2, 0) is 6.42 Å². The molecule has 0 atom stereocenters. The molecule has 1 aliphatic rings. The average Bonchev–Trinajstić information content (AvgIpc) is 2.93. The van der Waals surface area contributed by atoms with Gasteiger partial charge in [0.1, 0.15) is 5.75 Å². The van der Waals surface area contributed by atoms with E-state index in [0.29, 0.717) is 0 Å². The van der Waals surface area contributed by atoms with Crippen molar-refractivity contribution in [3.8, 4) is 16.9 Å². The van der Waals surface area contributed by atoms with E-state index in [1.807, 2.05) is 6.20 Å². The molecule has 2 aromatic rings. The third-order valence-electron chi connectivity index (χ3n) is 3.36. The fraction of sp³-hybridized carbons (Fsp3) is 0.312. The van der Waals surface area contributed by atoms with Crippen LogP contribution in [0.5, 0.6) is 5.75 Å². The van der Waals surface area contributed by atoms with E-state index in [1.54, 1.807) is 6.20 Å². The predicted molar refractivity (Wildman–Crippen MR) is 77.7 cm³/mol.